The van der Waals surface area contributed by atoms with Crippen LogP contribution < -0.4 is 11.5 Å². The van der Waals surface area contributed by atoms with Gasteiger partial charge in [0, 0.05) is 17.8 Å². The molecule has 1 atom stereocenters. The number of nitrogens with zero attached hydrogens (tertiary/aromatic N) is 1. The molecule has 0 aromatic carbocycles. The van der Waals surface area contributed by atoms with Crippen molar-refractivity contribution < 1.29 is 0 Å². The Labute approximate surface area is 66.4 Å². The zero-order valence-electron chi connectivity index (χ0n) is 6.62. The van der Waals surface area contributed by atoms with Gasteiger partial charge in [0.2, 0.25) is 0 Å². The van der Waals surface area contributed by atoms with E-state index in [9.17, 15) is 0 Å². The van der Waals surface area contributed by atoms with Gasteiger partial charge in [-0.1, -0.05) is 13.0 Å². The van der Waals surface area contributed by atoms with Crippen LogP contribution in [0.25, 0.3) is 0 Å². The first-order valence-electron chi connectivity index (χ1n) is 3.71. The first-order valence-corrected chi connectivity index (χ1v) is 3.71. The number of nitrogens with two attached hydrogens (primary N) is 2. The quantitative estimate of drug-likeness (QED) is 0.664. The summed E-state index contributed by atoms with van der Waals surface area (Å²) in [7, 11) is 0. The first kappa shape index (κ1) is 8.01. The molecule has 0 radical (unpaired) electrons. The van der Waals surface area contributed by atoms with Crippen molar-refractivity contribution in [3.63, 3.8) is 0 Å². The lowest BCUT2D eigenvalue weighted by Crippen LogP contribution is -2.11. The summed E-state index contributed by atoms with van der Waals surface area (Å²) in [5.41, 5.74) is 12.3. The Hall–Kier alpha value is -1.09. The highest BCUT2D eigenvalue weighted by molar-refractivity contribution is 5.40. The van der Waals surface area contributed by atoms with Crippen LogP contribution in [0.4, 0.5) is 5.82 Å². The molecule has 1 rings (SSSR count). The van der Waals surface area contributed by atoms with Crippen molar-refractivity contribution >= 4 is 5.82 Å². The predicted octanol–water partition coefficient (Wildman–Crippen LogP) is 1.07. The van der Waals surface area contributed by atoms with Crippen LogP contribution in [0, 0.1) is 0 Å². The molecule has 1 aromatic rings. The second-order valence-electron chi connectivity index (χ2n) is 2.49. The summed E-state index contributed by atoms with van der Waals surface area (Å²) in [5.74, 6) is 0.543. The lowest BCUT2D eigenvalue weighted by molar-refractivity contribution is 0.698. The van der Waals surface area contributed by atoms with E-state index in [1.54, 1.807) is 6.20 Å². The van der Waals surface area contributed by atoms with Gasteiger partial charge < -0.3 is 11.5 Å². The third kappa shape index (κ3) is 1.68. The van der Waals surface area contributed by atoms with Gasteiger partial charge in [-0.25, -0.2) is 4.98 Å². The number of pyridine rings is 1. The van der Waals surface area contributed by atoms with Gasteiger partial charge in [0.1, 0.15) is 5.82 Å². The Balaban J connectivity index is 2.93. The second kappa shape index (κ2) is 3.34. The van der Waals surface area contributed by atoms with E-state index in [0.717, 1.165) is 12.0 Å². The molecule has 0 fully saturated rings. The Morgan fingerprint density at radius 1 is 1.64 bits per heavy atom. The minimum atomic E-state index is 0.0173. The first-order chi connectivity index (χ1) is 5.25. The molecular weight excluding hydrogens is 138 g/mol. The largest absolute Gasteiger partial charge is 0.383 e. The third-order valence-electron chi connectivity index (χ3n) is 1.71. The van der Waals surface area contributed by atoms with Gasteiger partial charge in [-0.05, 0) is 12.5 Å². The van der Waals surface area contributed by atoms with E-state index in [2.05, 4.69) is 4.98 Å². The van der Waals surface area contributed by atoms with Gasteiger partial charge in [0.05, 0.1) is 0 Å². The van der Waals surface area contributed by atoms with Crippen molar-refractivity contribution in [1.29, 1.82) is 0 Å². The molecular formula is C8H13N3. The number of hydrogen-bond acceptors (Lipinski definition) is 3. The van der Waals surface area contributed by atoms with Crippen molar-refractivity contribution in [3.05, 3.63) is 23.9 Å². The van der Waals surface area contributed by atoms with Crippen LogP contribution in [0.1, 0.15) is 24.9 Å². The normalized spacial score (nSPS) is 12.9. The fraction of sp³-hybridized carbons (Fsp3) is 0.375. The number of rotatable bonds is 2. The maximum absolute atomic E-state index is 5.78. The number of aromatic nitrogens is 1. The van der Waals surface area contributed by atoms with E-state index in [1.807, 2.05) is 19.1 Å². The zero-order valence-corrected chi connectivity index (χ0v) is 6.62. The molecule has 60 valence electrons. The summed E-state index contributed by atoms with van der Waals surface area (Å²) in [4.78, 5) is 3.95. The molecule has 11 heavy (non-hydrogen) atoms. The van der Waals surface area contributed by atoms with Gasteiger partial charge in [-0.2, -0.15) is 0 Å². The summed E-state index contributed by atoms with van der Waals surface area (Å²) in [5, 5.41) is 0. The number of nitrogen functional groups attached to an aromatic ring is 1. The van der Waals surface area contributed by atoms with E-state index >= 15 is 0 Å². The average molecular weight is 151 g/mol. The van der Waals surface area contributed by atoms with Crippen molar-refractivity contribution in [2.45, 2.75) is 19.4 Å². The summed E-state index contributed by atoms with van der Waals surface area (Å²) < 4.78 is 0. The molecule has 0 aliphatic heterocycles. The van der Waals surface area contributed by atoms with Crippen molar-refractivity contribution in [1.82, 2.24) is 4.98 Å². The molecule has 3 heteroatoms. The van der Waals surface area contributed by atoms with Crippen LogP contribution in [0.3, 0.4) is 0 Å². The highest BCUT2D eigenvalue weighted by Crippen LogP contribution is 2.17. The molecule has 0 saturated heterocycles. The van der Waals surface area contributed by atoms with Crippen LogP contribution in [0.2, 0.25) is 0 Å². The minimum absolute atomic E-state index is 0.0173. The molecule has 0 spiro atoms. The second-order valence-corrected chi connectivity index (χ2v) is 2.49. The Morgan fingerprint density at radius 3 is 2.91 bits per heavy atom. The van der Waals surface area contributed by atoms with E-state index < -0.39 is 0 Å². The van der Waals surface area contributed by atoms with E-state index in [4.69, 9.17) is 11.5 Å². The topological polar surface area (TPSA) is 64.9 Å². The summed E-state index contributed by atoms with van der Waals surface area (Å²) >= 11 is 0. The Bertz CT molecular complexity index is 235. The molecule has 4 N–H and O–H groups in total. The van der Waals surface area contributed by atoms with Crippen molar-refractivity contribution in [2.24, 2.45) is 5.73 Å². The average Bonchev–Trinajstić information content (AvgIpc) is 2.04. The zero-order chi connectivity index (χ0) is 8.27. The molecule has 0 saturated carbocycles. The fourth-order valence-corrected chi connectivity index (χ4v) is 0.963. The lowest BCUT2D eigenvalue weighted by Gasteiger charge is -2.09. The van der Waals surface area contributed by atoms with Gasteiger partial charge >= 0.3 is 0 Å². The fourth-order valence-electron chi connectivity index (χ4n) is 0.963. The third-order valence-corrected chi connectivity index (χ3v) is 1.71. The predicted molar refractivity (Wildman–Crippen MR) is 45.9 cm³/mol. The van der Waals surface area contributed by atoms with Crippen molar-refractivity contribution in [3.8, 4) is 0 Å². The Kier molecular flexibility index (Phi) is 2.44. The highest BCUT2D eigenvalue weighted by Gasteiger charge is 2.05. The van der Waals surface area contributed by atoms with Crippen LogP contribution >= 0.6 is 0 Å². The Morgan fingerprint density at radius 2 is 2.36 bits per heavy atom. The van der Waals surface area contributed by atoms with E-state index in [-0.39, 0.29) is 6.04 Å². The van der Waals surface area contributed by atoms with E-state index in [0.29, 0.717) is 5.82 Å². The van der Waals surface area contributed by atoms with E-state index in [1.165, 1.54) is 0 Å². The summed E-state index contributed by atoms with van der Waals surface area (Å²) in [6, 6.07) is 3.78. The summed E-state index contributed by atoms with van der Waals surface area (Å²) in [6.07, 6.45) is 2.55. The highest BCUT2D eigenvalue weighted by atomic mass is 14.8. The van der Waals surface area contributed by atoms with Crippen LogP contribution in [-0.2, 0) is 0 Å². The molecule has 0 bridgehead atoms. The van der Waals surface area contributed by atoms with Crippen LogP contribution in [0.5, 0.6) is 0 Å². The van der Waals surface area contributed by atoms with Gasteiger partial charge in [0.25, 0.3) is 0 Å². The lowest BCUT2D eigenvalue weighted by atomic mass is 10.1. The summed E-state index contributed by atoms with van der Waals surface area (Å²) in [6.45, 7) is 2.02. The van der Waals surface area contributed by atoms with Crippen molar-refractivity contribution in [2.75, 3.05) is 5.73 Å². The number of hydrogen-bond donors (Lipinski definition) is 2. The SMILES string of the molecule is CC[C@H](N)c1cccnc1N. The standard InChI is InChI=1S/C8H13N3/c1-2-7(9)6-4-3-5-11-8(6)10/h3-5,7H,2,9H2,1H3,(H2,10,11)/t7-/m0/s1. The van der Waals surface area contributed by atoms with Crippen LogP contribution in [-0.4, -0.2) is 4.98 Å². The monoisotopic (exact) mass is 151 g/mol. The van der Waals surface area contributed by atoms with Gasteiger partial charge in [0.15, 0.2) is 0 Å². The maximum atomic E-state index is 5.78. The molecule has 0 amide bonds. The number of anilines is 1. The smallest absolute Gasteiger partial charge is 0.128 e. The molecule has 3 nitrogen and oxygen atoms in total. The molecule has 0 aliphatic carbocycles. The van der Waals surface area contributed by atoms with Crippen LogP contribution in [0.15, 0.2) is 18.3 Å². The molecule has 1 aromatic heterocycles. The van der Waals surface area contributed by atoms with Gasteiger partial charge in [-0.3, -0.25) is 0 Å². The molecule has 1 heterocycles. The molecule has 0 unspecified atom stereocenters. The van der Waals surface area contributed by atoms with Gasteiger partial charge in [-0.15, -0.1) is 0 Å². The minimum Gasteiger partial charge on any atom is -0.383 e. The maximum Gasteiger partial charge on any atom is 0.128 e. The molecule has 0 aliphatic rings.